The van der Waals surface area contributed by atoms with Crippen LogP contribution in [0.4, 0.5) is 21.5 Å². The molecule has 2 aromatic heterocycles. The minimum Gasteiger partial charge on any atom is -0.489 e. The zero-order valence-corrected chi connectivity index (χ0v) is 39.9. The summed E-state index contributed by atoms with van der Waals surface area (Å²) in [5.41, 5.74) is 2.65. The second-order valence-electron chi connectivity index (χ2n) is 20.5. The smallest absolute Gasteiger partial charge is 0.297 e. The van der Waals surface area contributed by atoms with Crippen molar-refractivity contribution in [2.24, 2.45) is 11.3 Å². The van der Waals surface area contributed by atoms with Crippen LogP contribution >= 0.6 is 0 Å². The molecule has 5 aromatic rings. The number of nitrogens with one attached hydrogen (secondary N) is 3. The molecule has 1 amide bonds. The second kappa shape index (κ2) is 17.9. The number of hydrogen-bond acceptors (Lipinski definition) is 12. The Balaban J connectivity index is 0.884. The van der Waals surface area contributed by atoms with Gasteiger partial charge in [0.15, 0.2) is 22.9 Å². The number of amides is 1. The lowest BCUT2D eigenvalue weighted by Gasteiger charge is -2.57. The number of sulfonamides is 1. The van der Waals surface area contributed by atoms with Gasteiger partial charge in [0.2, 0.25) is 0 Å². The van der Waals surface area contributed by atoms with Gasteiger partial charge in [0.1, 0.15) is 23.8 Å². The lowest BCUT2D eigenvalue weighted by molar-refractivity contribution is -0.384. The minimum atomic E-state index is -4.76. The lowest BCUT2D eigenvalue weighted by Crippen LogP contribution is -2.63. The number of fused-ring (bicyclic) bond motifs is 2. The van der Waals surface area contributed by atoms with Crippen LogP contribution in [0.5, 0.6) is 17.2 Å². The number of nitro groups is 1. The molecule has 362 valence electrons. The highest BCUT2D eigenvalue weighted by atomic mass is 32.2. The Hall–Kier alpha value is -6.22. The number of hydrogen-bond donors (Lipinski definition) is 4. The Morgan fingerprint density at radius 3 is 2.54 bits per heavy atom. The summed E-state index contributed by atoms with van der Waals surface area (Å²) in [6.07, 6.45) is 15.1. The van der Waals surface area contributed by atoms with Gasteiger partial charge in [0.05, 0.1) is 32.4 Å². The zero-order chi connectivity index (χ0) is 48.4. The van der Waals surface area contributed by atoms with Gasteiger partial charge in [-0.25, -0.2) is 22.5 Å². The number of aromatic amines is 1. The van der Waals surface area contributed by atoms with E-state index in [-0.39, 0.29) is 69.2 Å². The number of H-pyrrole nitrogens is 1. The molecule has 5 heterocycles. The number of anilines is 2. The predicted molar refractivity (Wildman–Crippen MR) is 260 cm³/mol. The van der Waals surface area contributed by atoms with E-state index < -0.39 is 42.9 Å². The molecule has 3 aliphatic heterocycles. The third kappa shape index (κ3) is 8.98. The maximum absolute atomic E-state index is 14.8. The number of nitrogens with zero attached hydrogens (tertiary/aromatic N) is 4. The third-order valence-electron chi connectivity index (χ3n) is 15.6. The van der Waals surface area contributed by atoms with E-state index in [1.54, 1.807) is 19.1 Å². The molecule has 10 rings (SSSR count). The quantitative estimate of drug-likeness (QED) is 0.0559. The van der Waals surface area contributed by atoms with Crippen LogP contribution in [0.1, 0.15) is 118 Å². The van der Waals surface area contributed by atoms with Crippen molar-refractivity contribution in [3.05, 3.63) is 105 Å². The van der Waals surface area contributed by atoms with Crippen molar-refractivity contribution in [3.63, 3.8) is 0 Å². The van der Waals surface area contributed by atoms with Crippen LogP contribution in [0, 0.1) is 39.6 Å². The Bertz CT molecular complexity index is 2980. The van der Waals surface area contributed by atoms with E-state index >= 15 is 0 Å². The summed E-state index contributed by atoms with van der Waals surface area (Å²) >= 11 is 0. The van der Waals surface area contributed by atoms with E-state index in [0.29, 0.717) is 43.6 Å². The molecule has 2 saturated heterocycles. The van der Waals surface area contributed by atoms with Crippen molar-refractivity contribution >= 4 is 44.0 Å². The first-order valence-corrected chi connectivity index (χ1v) is 25.5. The number of terminal acetylenes is 1. The number of carbonyl (C=O) groups excluding carboxylic acids is 1. The molecule has 15 nitrogen and oxygen atoms in total. The van der Waals surface area contributed by atoms with Gasteiger partial charge in [-0.15, -0.1) is 6.42 Å². The van der Waals surface area contributed by atoms with Crippen molar-refractivity contribution in [2.45, 2.75) is 113 Å². The van der Waals surface area contributed by atoms with Gasteiger partial charge in [-0.05, 0) is 117 Å². The number of benzene rings is 3. The molecule has 4 N–H and O–H groups in total. The third-order valence-corrected chi connectivity index (χ3v) is 16.9. The van der Waals surface area contributed by atoms with Crippen molar-refractivity contribution in [3.8, 4) is 29.6 Å². The van der Waals surface area contributed by atoms with Crippen LogP contribution in [0.15, 0.2) is 71.8 Å². The summed E-state index contributed by atoms with van der Waals surface area (Å²) in [6, 6.07) is 17.4. The maximum atomic E-state index is 14.8. The molecule has 2 aliphatic carbocycles. The van der Waals surface area contributed by atoms with Crippen LogP contribution in [-0.4, -0.2) is 89.7 Å². The van der Waals surface area contributed by atoms with E-state index in [2.05, 4.69) is 73.8 Å². The Morgan fingerprint density at radius 1 is 1.06 bits per heavy atom. The fourth-order valence-electron chi connectivity index (χ4n) is 11.7. The van der Waals surface area contributed by atoms with Crippen LogP contribution in [0.2, 0.25) is 0 Å². The first-order chi connectivity index (χ1) is 33.0. The van der Waals surface area contributed by atoms with Crippen molar-refractivity contribution in [2.75, 3.05) is 43.0 Å². The van der Waals surface area contributed by atoms with E-state index in [1.165, 1.54) is 42.5 Å². The number of aromatic nitrogens is 2. The SMILES string of the molecule is C#Cc1nc2[nH]cc(F)c2cc1Oc1cc(N2CCC3(CC2)CN(C2CCC[C@H]2c2ccccc2C(C)C)C3)ccc1C(=O)NS(=O)(=O)c1cc2c(c([N+](=O)[O-])c1)N[C@@H](C1CCC(C)(O)CC1)CO2. The minimum absolute atomic E-state index is 0.0213. The van der Waals surface area contributed by atoms with Gasteiger partial charge >= 0.3 is 0 Å². The normalized spacial score (nSPS) is 24.5. The summed E-state index contributed by atoms with van der Waals surface area (Å²) in [4.78, 5) is 37.4. The molecule has 3 aromatic carbocycles. The Kier molecular flexibility index (Phi) is 12.1. The van der Waals surface area contributed by atoms with Crippen LogP contribution in [0.3, 0.4) is 0 Å². The first kappa shape index (κ1) is 46.5. The molecular weight excluding hydrogens is 902 g/mol. The fraction of sp³-hybridized carbons (Fsp3) is 0.462. The van der Waals surface area contributed by atoms with Gasteiger partial charge in [-0.3, -0.25) is 19.8 Å². The molecule has 1 spiro atoms. The number of rotatable bonds is 11. The fourth-order valence-corrected chi connectivity index (χ4v) is 12.7. The predicted octanol–water partition coefficient (Wildman–Crippen LogP) is 8.98. The molecule has 0 bridgehead atoms. The number of halogens is 1. The van der Waals surface area contributed by atoms with Gasteiger partial charge in [0.25, 0.3) is 21.6 Å². The summed E-state index contributed by atoms with van der Waals surface area (Å²) in [5.74, 6) is 1.74. The number of ether oxygens (including phenoxy) is 2. The molecular formula is C52H58FN7O8S. The summed E-state index contributed by atoms with van der Waals surface area (Å²) in [6.45, 7) is 10.0. The molecule has 5 aliphatic rings. The lowest BCUT2D eigenvalue weighted by atomic mass is 9.70. The summed E-state index contributed by atoms with van der Waals surface area (Å²) < 4.78 is 57.3. The standard InChI is InChI=1S/C52H58FN7O8S/c1-5-41-46(26-39-40(53)27-54-49(39)56-41)68-45-23-33(58-21-19-52(20-22-58)29-59(30-52)43-12-8-11-37(43)36-10-7-6-9-35(36)31(2)3)13-14-38(45)50(61)57-69(65,66)34-24-44(60(63)64)48-47(25-34)67-28-42(55-48)32-15-17-51(4,62)18-16-32/h1,6-7,9-10,13-14,23-27,31-32,37,42-43,55,62H,8,11-12,15-22,28-30H2,2-4H3,(H,54,56)(H,57,61)/t32?,37-,42+,43?,51?/m0/s1. The number of nitro benzene ring substituents is 1. The van der Waals surface area contributed by atoms with Gasteiger partial charge in [-0.1, -0.05) is 44.5 Å². The van der Waals surface area contributed by atoms with Gasteiger partial charge in [0, 0.05) is 62.3 Å². The van der Waals surface area contributed by atoms with Crippen LogP contribution in [0.25, 0.3) is 11.0 Å². The number of likely N-dealkylation sites (tertiary alicyclic amines) is 1. The van der Waals surface area contributed by atoms with Crippen LogP contribution in [-0.2, 0) is 10.0 Å². The molecule has 17 heteroatoms. The van der Waals surface area contributed by atoms with E-state index in [1.807, 2.05) is 0 Å². The van der Waals surface area contributed by atoms with Crippen molar-refractivity contribution < 1.29 is 37.1 Å². The zero-order valence-electron chi connectivity index (χ0n) is 39.1. The molecule has 3 atom stereocenters. The van der Waals surface area contributed by atoms with E-state index in [9.17, 15) is 32.8 Å². The number of piperidine rings is 1. The van der Waals surface area contributed by atoms with Crippen LogP contribution < -0.4 is 24.4 Å². The molecule has 69 heavy (non-hydrogen) atoms. The molecule has 4 fully saturated rings. The number of carbonyl (C=O) groups is 1. The summed E-state index contributed by atoms with van der Waals surface area (Å²) in [5, 5.41) is 26.2. The Morgan fingerprint density at radius 2 is 1.81 bits per heavy atom. The van der Waals surface area contributed by atoms with Gasteiger partial charge in [-0.2, -0.15) is 0 Å². The number of pyridine rings is 1. The Labute approximate surface area is 401 Å². The first-order valence-electron chi connectivity index (χ1n) is 24.1. The molecule has 0 radical (unpaired) electrons. The average molecular weight is 960 g/mol. The van der Waals surface area contributed by atoms with Crippen molar-refractivity contribution in [1.29, 1.82) is 0 Å². The summed E-state index contributed by atoms with van der Waals surface area (Å²) in [7, 11) is -4.76. The topological polar surface area (TPSA) is 192 Å². The highest BCUT2D eigenvalue weighted by Crippen LogP contribution is 2.49. The average Bonchev–Trinajstić information content (AvgIpc) is 3.96. The second-order valence-corrected chi connectivity index (χ2v) is 22.2. The highest BCUT2D eigenvalue weighted by Gasteiger charge is 2.49. The highest BCUT2D eigenvalue weighted by molar-refractivity contribution is 7.90. The molecule has 2 saturated carbocycles. The molecule has 1 unspecified atom stereocenters. The largest absolute Gasteiger partial charge is 0.489 e. The number of aliphatic hydroxyl groups is 1. The van der Waals surface area contributed by atoms with Crippen molar-refractivity contribution in [1.82, 2.24) is 19.6 Å². The van der Waals surface area contributed by atoms with E-state index in [4.69, 9.17) is 15.9 Å². The maximum Gasteiger partial charge on any atom is 0.297 e. The van der Waals surface area contributed by atoms with E-state index in [0.717, 1.165) is 63.0 Å². The monoisotopic (exact) mass is 959 g/mol. The van der Waals surface area contributed by atoms with Gasteiger partial charge < -0.3 is 29.8 Å².